The molecule has 0 unspecified atom stereocenters. The van der Waals surface area contributed by atoms with Crippen molar-refractivity contribution in [1.82, 2.24) is 0 Å². The van der Waals surface area contributed by atoms with Gasteiger partial charge in [-0.1, -0.05) is 42.6 Å². The van der Waals surface area contributed by atoms with Crippen molar-refractivity contribution >= 4 is 46.4 Å². The summed E-state index contributed by atoms with van der Waals surface area (Å²) in [5.74, 6) is 1.12. The number of halogens is 4. The maximum absolute atomic E-state index is 6.08. The Hall–Kier alpha value is 0.380. The van der Waals surface area contributed by atoms with Crippen LogP contribution >= 0.6 is 46.4 Å². The molecule has 0 nitrogen and oxygen atoms in total. The van der Waals surface area contributed by atoms with E-state index >= 15 is 0 Å². The number of hydrogen-bond donors (Lipinski definition) is 0. The van der Waals surface area contributed by atoms with Crippen molar-refractivity contribution in [3.8, 4) is 0 Å². The minimum Gasteiger partial charge on any atom is -0.126 e. The molecular formula is C13H16Cl4. The van der Waals surface area contributed by atoms with Gasteiger partial charge in [-0.3, -0.25) is 0 Å². The van der Waals surface area contributed by atoms with E-state index in [-0.39, 0.29) is 5.41 Å². The van der Waals surface area contributed by atoms with E-state index in [1.807, 2.05) is 18.2 Å². The molecule has 0 aliphatic carbocycles. The zero-order chi connectivity index (χ0) is 12.9. The lowest BCUT2D eigenvalue weighted by Crippen LogP contribution is -2.27. The zero-order valence-corrected chi connectivity index (χ0v) is 12.8. The lowest BCUT2D eigenvalue weighted by atomic mass is 9.81. The van der Waals surface area contributed by atoms with Crippen LogP contribution < -0.4 is 0 Å². The molecule has 0 aliphatic rings. The van der Waals surface area contributed by atoms with Crippen LogP contribution in [0.4, 0.5) is 0 Å². The first-order chi connectivity index (χ1) is 8.06. The summed E-state index contributed by atoms with van der Waals surface area (Å²) in [6.45, 7) is 2.14. The minimum atomic E-state index is -0.0466. The maximum atomic E-state index is 6.08. The molecule has 0 aromatic heterocycles. The highest BCUT2D eigenvalue weighted by Gasteiger charge is 2.27. The molecule has 0 aliphatic heterocycles. The SMILES string of the molecule is CCCC(CCl)(CCl)Cc1ccc(Cl)c(Cl)c1. The van der Waals surface area contributed by atoms with Crippen molar-refractivity contribution in [3.63, 3.8) is 0 Å². The summed E-state index contributed by atoms with van der Waals surface area (Å²) in [4.78, 5) is 0. The maximum Gasteiger partial charge on any atom is 0.0595 e. The van der Waals surface area contributed by atoms with Gasteiger partial charge in [-0.2, -0.15) is 0 Å². The van der Waals surface area contributed by atoms with Crippen molar-refractivity contribution in [1.29, 1.82) is 0 Å². The molecule has 1 aromatic rings. The Bertz CT molecular complexity index is 358. The first-order valence-corrected chi connectivity index (χ1v) is 7.45. The highest BCUT2D eigenvalue weighted by atomic mass is 35.5. The van der Waals surface area contributed by atoms with Gasteiger partial charge in [-0.15, -0.1) is 23.2 Å². The Morgan fingerprint density at radius 1 is 1.06 bits per heavy atom. The third-order valence-electron chi connectivity index (χ3n) is 2.91. The van der Waals surface area contributed by atoms with E-state index in [9.17, 15) is 0 Å². The monoisotopic (exact) mass is 312 g/mol. The summed E-state index contributed by atoms with van der Waals surface area (Å²) in [5, 5.41) is 1.16. The van der Waals surface area contributed by atoms with Crippen LogP contribution in [0.1, 0.15) is 25.3 Å². The molecule has 0 heterocycles. The van der Waals surface area contributed by atoms with Gasteiger partial charge in [0.25, 0.3) is 0 Å². The summed E-state index contributed by atoms with van der Waals surface area (Å²) in [6.07, 6.45) is 2.92. The van der Waals surface area contributed by atoms with Crippen LogP contribution in [-0.4, -0.2) is 11.8 Å². The van der Waals surface area contributed by atoms with Crippen LogP contribution in [0.3, 0.4) is 0 Å². The summed E-state index contributed by atoms with van der Waals surface area (Å²) in [5.41, 5.74) is 1.09. The molecule has 0 saturated heterocycles. The van der Waals surface area contributed by atoms with Crippen LogP contribution in [0, 0.1) is 5.41 Å². The Labute approximate surface area is 123 Å². The minimum absolute atomic E-state index is 0.0466. The molecule has 1 aromatic carbocycles. The van der Waals surface area contributed by atoms with Crippen LogP contribution in [0.2, 0.25) is 10.0 Å². The molecule has 0 amide bonds. The molecule has 0 saturated carbocycles. The molecular weight excluding hydrogens is 298 g/mol. The summed E-state index contributed by atoms with van der Waals surface area (Å²) in [6, 6.07) is 5.70. The van der Waals surface area contributed by atoms with Crippen molar-refractivity contribution < 1.29 is 0 Å². The number of hydrogen-bond acceptors (Lipinski definition) is 0. The first kappa shape index (κ1) is 15.4. The third kappa shape index (κ3) is 4.21. The molecule has 17 heavy (non-hydrogen) atoms. The van der Waals surface area contributed by atoms with Gasteiger partial charge >= 0.3 is 0 Å². The Balaban J connectivity index is 2.89. The van der Waals surface area contributed by atoms with Gasteiger partial charge < -0.3 is 0 Å². The van der Waals surface area contributed by atoms with Crippen molar-refractivity contribution in [2.75, 3.05) is 11.8 Å². The van der Waals surface area contributed by atoms with Gasteiger partial charge in [0.15, 0.2) is 0 Å². The fraction of sp³-hybridized carbons (Fsp3) is 0.538. The standard InChI is InChI=1S/C13H16Cl4/c1-2-5-13(8-14,9-15)7-10-3-4-11(16)12(17)6-10/h3-4,6H,2,5,7-9H2,1H3. The molecule has 0 atom stereocenters. The lowest BCUT2D eigenvalue weighted by Gasteiger charge is -2.29. The Morgan fingerprint density at radius 2 is 1.71 bits per heavy atom. The van der Waals surface area contributed by atoms with Gasteiger partial charge in [0.05, 0.1) is 10.0 Å². The lowest BCUT2D eigenvalue weighted by molar-refractivity contribution is 0.341. The highest BCUT2D eigenvalue weighted by Crippen LogP contribution is 2.33. The summed E-state index contributed by atoms with van der Waals surface area (Å²) in [7, 11) is 0. The van der Waals surface area contributed by atoms with Gasteiger partial charge in [-0.05, 0) is 30.5 Å². The second-order valence-electron chi connectivity index (χ2n) is 4.44. The van der Waals surface area contributed by atoms with E-state index in [4.69, 9.17) is 46.4 Å². The Morgan fingerprint density at radius 3 is 2.18 bits per heavy atom. The zero-order valence-electron chi connectivity index (χ0n) is 9.78. The third-order valence-corrected chi connectivity index (χ3v) is 4.78. The predicted octanol–water partition coefficient (Wildman–Crippen LogP) is 5.80. The van der Waals surface area contributed by atoms with Crippen molar-refractivity contribution in [2.45, 2.75) is 26.2 Å². The quantitative estimate of drug-likeness (QED) is 0.582. The molecule has 0 N–H and O–H groups in total. The number of alkyl halides is 2. The second kappa shape index (κ2) is 7.09. The normalized spacial score (nSPS) is 11.8. The van der Waals surface area contributed by atoms with E-state index < -0.39 is 0 Å². The van der Waals surface area contributed by atoms with Gasteiger partial charge in [0, 0.05) is 17.2 Å². The topological polar surface area (TPSA) is 0 Å². The molecule has 1 rings (SSSR count). The predicted molar refractivity (Wildman–Crippen MR) is 78.9 cm³/mol. The molecule has 96 valence electrons. The second-order valence-corrected chi connectivity index (χ2v) is 5.79. The first-order valence-electron chi connectivity index (χ1n) is 5.63. The Kier molecular flexibility index (Phi) is 6.44. The average molecular weight is 314 g/mol. The molecule has 0 fully saturated rings. The van der Waals surface area contributed by atoms with Crippen LogP contribution in [0.25, 0.3) is 0 Å². The molecule has 4 heteroatoms. The van der Waals surface area contributed by atoms with Crippen LogP contribution in [0.15, 0.2) is 18.2 Å². The molecule has 0 radical (unpaired) electrons. The molecule has 0 spiro atoms. The van der Waals surface area contributed by atoms with Crippen LogP contribution in [0.5, 0.6) is 0 Å². The fourth-order valence-electron chi connectivity index (χ4n) is 1.97. The summed E-state index contributed by atoms with van der Waals surface area (Å²) < 4.78 is 0. The average Bonchev–Trinajstić information content (AvgIpc) is 2.33. The van der Waals surface area contributed by atoms with E-state index in [0.29, 0.717) is 21.8 Å². The smallest absolute Gasteiger partial charge is 0.0595 e. The van der Waals surface area contributed by atoms with Gasteiger partial charge in [0.2, 0.25) is 0 Å². The number of rotatable bonds is 6. The highest BCUT2D eigenvalue weighted by molar-refractivity contribution is 6.42. The van der Waals surface area contributed by atoms with E-state index in [2.05, 4.69) is 6.92 Å². The van der Waals surface area contributed by atoms with E-state index in [0.717, 1.165) is 24.8 Å². The van der Waals surface area contributed by atoms with Crippen LogP contribution in [-0.2, 0) is 6.42 Å². The van der Waals surface area contributed by atoms with E-state index in [1.54, 1.807) is 0 Å². The van der Waals surface area contributed by atoms with E-state index in [1.165, 1.54) is 0 Å². The van der Waals surface area contributed by atoms with Crippen molar-refractivity contribution in [2.24, 2.45) is 5.41 Å². The summed E-state index contributed by atoms with van der Waals surface area (Å²) >= 11 is 24.1. The van der Waals surface area contributed by atoms with Gasteiger partial charge in [0.1, 0.15) is 0 Å². The van der Waals surface area contributed by atoms with Crippen molar-refractivity contribution in [3.05, 3.63) is 33.8 Å². The van der Waals surface area contributed by atoms with Gasteiger partial charge in [-0.25, -0.2) is 0 Å². The number of benzene rings is 1. The molecule has 0 bridgehead atoms. The largest absolute Gasteiger partial charge is 0.126 e. The fourth-order valence-corrected chi connectivity index (χ4v) is 3.03.